The number of hydrogen-bond donors (Lipinski definition) is 3. The first kappa shape index (κ1) is 28.6. The second-order valence-corrected chi connectivity index (χ2v) is 10.8. The van der Waals surface area contributed by atoms with E-state index in [0.29, 0.717) is 18.0 Å². The number of carbonyl (C=O) groups excluding carboxylic acids is 1. The number of benzene rings is 3. The SMILES string of the molecule is CC(CO)(CO)COc1ccc(C2c3[nH]c4ccc(Br)cc4c3CCN2C=O)cc1.COc1ccc(F)cc1. The normalized spacial score (nSPS) is 14.8. The fraction of sp³-hybridized carbons (Fsp3) is 0.300. The highest BCUT2D eigenvalue weighted by atomic mass is 79.9. The summed E-state index contributed by atoms with van der Waals surface area (Å²) in [6, 6.07) is 19.5. The molecule has 1 atom stereocenters. The predicted molar refractivity (Wildman–Crippen MR) is 151 cm³/mol. The summed E-state index contributed by atoms with van der Waals surface area (Å²) in [5.41, 5.74) is 3.66. The van der Waals surface area contributed by atoms with E-state index in [9.17, 15) is 19.4 Å². The second-order valence-electron chi connectivity index (χ2n) is 9.85. The van der Waals surface area contributed by atoms with E-state index in [1.54, 1.807) is 26.2 Å². The van der Waals surface area contributed by atoms with Crippen LogP contribution in [0.3, 0.4) is 0 Å². The number of nitrogens with one attached hydrogen (secondary N) is 1. The molecule has 1 aromatic heterocycles. The monoisotopic (exact) mass is 598 g/mol. The molecule has 0 fully saturated rings. The summed E-state index contributed by atoms with van der Waals surface area (Å²) < 4.78 is 23.8. The van der Waals surface area contributed by atoms with Crippen LogP contribution in [0, 0.1) is 11.2 Å². The van der Waals surface area contributed by atoms with Gasteiger partial charge < -0.3 is 29.6 Å². The van der Waals surface area contributed by atoms with Gasteiger partial charge in [0, 0.05) is 33.0 Å². The van der Waals surface area contributed by atoms with E-state index in [1.165, 1.54) is 23.1 Å². The predicted octanol–water partition coefficient (Wildman–Crippen LogP) is 5.24. The van der Waals surface area contributed by atoms with Crippen molar-refractivity contribution in [1.82, 2.24) is 9.88 Å². The molecule has 39 heavy (non-hydrogen) atoms. The Hall–Kier alpha value is -3.40. The number of aliphatic hydroxyl groups excluding tert-OH is 2. The molecule has 0 bridgehead atoms. The molecule has 1 aliphatic rings. The molecule has 7 nitrogen and oxygen atoms in total. The molecule has 5 rings (SSSR count). The molecule has 1 aliphatic heterocycles. The summed E-state index contributed by atoms with van der Waals surface area (Å²) in [4.78, 5) is 17.1. The van der Waals surface area contributed by atoms with Crippen molar-refractivity contribution in [2.75, 3.05) is 33.5 Å². The number of ether oxygens (including phenoxy) is 2. The number of rotatable bonds is 8. The molecule has 9 heteroatoms. The molecular formula is C30H32BrFN2O5. The fourth-order valence-electron chi connectivity index (χ4n) is 4.47. The molecule has 0 saturated carbocycles. The highest BCUT2D eigenvalue weighted by molar-refractivity contribution is 9.10. The number of halogens is 2. The Balaban J connectivity index is 0.000000333. The number of aliphatic hydroxyl groups is 2. The van der Waals surface area contributed by atoms with Gasteiger partial charge in [0.15, 0.2) is 0 Å². The average Bonchev–Trinajstić information content (AvgIpc) is 3.34. The van der Waals surface area contributed by atoms with Crippen LogP contribution in [0.1, 0.15) is 29.8 Å². The summed E-state index contributed by atoms with van der Waals surface area (Å²) in [6.45, 7) is 2.32. The third-order valence-corrected chi connectivity index (χ3v) is 7.35. The lowest BCUT2D eigenvalue weighted by Gasteiger charge is -2.33. The number of carbonyl (C=O) groups is 1. The molecule has 0 saturated heterocycles. The van der Waals surface area contributed by atoms with E-state index in [-0.39, 0.29) is 31.7 Å². The number of methoxy groups -OCH3 is 1. The Morgan fingerprint density at radius 3 is 2.36 bits per heavy atom. The third kappa shape index (κ3) is 6.61. The number of amides is 1. The maximum atomic E-state index is 12.2. The molecule has 4 aromatic rings. The van der Waals surface area contributed by atoms with Gasteiger partial charge in [-0.2, -0.15) is 0 Å². The first-order valence-corrected chi connectivity index (χ1v) is 13.3. The van der Waals surface area contributed by atoms with Crippen LogP contribution in [0.15, 0.2) is 71.2 Å². The minimum atomic E-state index is -0.691. The number of aromatic nitrogens is 1. The minimum absolute atomic E-state index is 0.156. The lowest BCUT2D eigenvalue weighted by molar-refractivity contribution is -0.120. The summed E-state index contributed by atoms with van der Waals surface area (Å²) in [7, 11) is 1.55. The van der Waals surface area contributed by atoms with E-state index in [0.717, 1.165) is 34.1 Å². The molecule has 206 valence electrons. The van der Waals surface area contributed by atoms with Gasteiger partial charge in [0.25, 0.3) is 0 Å². The van der Waals surface area contributed by atoms with E-state index in [4.69, 9.17) is 9.47 Å². The summed E-state index contributed by atoms with van der Waals surface area (Å²) in [6.07, 6.45) is 1.72. The second kappa shape index (κ2) is 12.6. The molecular weight excluding hydrogens is 567 g/mol. The fourth-order valence-corrected chi connectivity index (χ4v) is 4.83. The molecule has 0 aliphatic carbocycles. The van der Waals surface area contributed by atoms with Gasteiger partial charge in [-0.15, -0.1) is 0 Å². The number of hydrogen-bond acceptors (Lipinski definition) is 5. The molecule has 3 aromatic carbocycles. The number of H-pyrrole nitrogens is 1. The van der Waals surface area contributed by atoms with Crippen LogP contribution >= 0.6 is 15.9 Å². The molecule has 0 spiro atoms. The summed E-state index contributed by atoms with van der Waals surface area (Å²) in [5.74, 6) is 1.09. The van der Waals surface area contributed by atoms with E-state index < -0.39 is 5.41 Å². The third-order valence-electron chi connectivity index (χ3n) is 6.86. The lowest BCUT2D eigenvalue weighted by atomic mass is 9.92. The van der Waals surface area contributed by atoms with Crippen molar-refractivity contribution in [3.63, 3.8) is 0 Å². The van der Waals surface area contributed by atoms with Gasteiger partial charge in [0.2, 0.25) is 6.41 Å². The van der Waals surface area contributed by atoms with Gasteiger partial charge in [-0.3, -0.25) is 4.79 Å². The zero-order chi connectivity index (χ0) is 28.0. The van der Waals surface area contributed by atoms with Crippen LogP contribution in [-0.2, 0) is 11.2 Å². The van der Waals surface area contributed by atoms with Crippen molar-refractivity contribution in [2.24, 2.45) is 5.41 Å². The van der Waals surface area contributed by atoms with Gasteiger partial charge in [-0.25, -0.2) is 4.39 Å². The average molecular weight is 599 g/mol. The smallest absolute Gasteiger partial charge is 0.210 e. The minimum Gasteiger partial charge on any atom is -0.497 e. The van der Waals surface area contributed by atoms with Crippen molar-refractivity contribution in [1.29, 1.82) is 0 Å². The van der Waals surface area contributed by atoms with E-state index in [1.807, 2.05) is 35.2 Å². The lowest BCUT2D eigenvalue weighted by Crippen LogP contribution is -2.35. The van der Waals surface area contributed by atoms with Crippen molar-refractivity contribution < 1.29 is 28.9 Å². The Morgan fingerprint density at radius 1 is 1.08 bits per heavy atom. The Labute approximate surface area is 235 Å². The number of nitrogens with zero attached hydrogens (tertiary/aromatic N) is 1. The highest BCUT2D eigenvalue weighted by Gasteiger charge is 2.31. The standard InChI is InChI=1S/C23H25BrN2O4.C7H7FO/c1-23(11-27,12-28)13-30-17-5-2-15(3-6-17)22-21-18(8-9-26(22)14-29)19-10-16(24)4-7-20(19)25-21;1-9-7-4-2-6(8)3-5-7/h2-7,10,14,22,25,27-28H,8-9,11-13H2,1H3;2-5H,1H3. The van der Waals surface area contributed by atoms with Gasteiger partial charge in [-0.1, -0.05) is 35.0 Å². The quantitative estimate of drug-likeness (QED) is 0.241. The van der Waals surface area contributed by atoms with Crippen LogP contribution < -0.4 is 9.47 Å². The van der Waals surface area contributed by atoms with E-state index >= 15 is 0 Å². The highest BCUT2D eigenvalue weighted by Crippen LogP contribution is 2.38. The molecule has 1 unspecified atom stereocenters. The Bertz CT molecular complexity index is 1390. The number of aromatic amines is 1. The van der Waals surface area contributed by atoms with Gasteiger partial charge in [-0.05, 0) is 72.1 Å². The van der Waals surface area contributed by atoms with Crippen molar-refractivity contribution in [3.05, 3.63) is 93.8 Å². The molecule has 1 amide bonds. The molecule has 3 N–H and O–H groups in total. The van der Waals surface area contributed by atoms with Gasteiger partial charge in [0.1, 0.15) is 17.3 Å². The van der Waals surface area contributed by atoms with Crippen LogP contribution in [0.25, 0.3) is 10.9 Å². The Morgan fingerprint density at radius 2 is 1.74 bits per heavy atom. The van der Waals surface area contributed by atoms with Gasteiger partial charge >= 0.3 is 0 Å². The van der Waals surface area contributed by atoms with Crippen molar-refractivity contribution in [3.8, 4) is 11.5 Å². The zero-order valence-corrected chi connectivity index (χ0v) is 23.4. The van der Waals surface area contributed by atoms with Crippen molar-refractivity contribution in [2.45, 2.75) is 19.4 Å². The van der Waals surface area contributed by atoms with Crippen LogP contribution in [0.4, 0.5) is 4.39 Å². The maximum absolute atomic E-state index is 12.2. The largest absolute Gasteiger partial charge is 0.497 e. The zero-order valence-electron chi connectivity index (χ0n) is 21.9. The molecule has 0 radical (unpaired) electrons. The first-order chi connectivity index (χ1) is 18.8. The van der Waals surface area contributed by atoms with Crippen LogP contribution in [0.2, 0.25) is 0 Å². The topological polar surface area (TPSA) is 95.0 Å². The number of fused-ring (bicyclic) bond motifs is 3. The summed E-state index contributed by atoms with van der Waals surface area (Å²) in [5, 5.41) is 20.0. The first-order valence-electron chi connectivity index (χ1n) is 12.6. The van der Waals surface area contributed by atoms with Crippen molar-refractivity contribution >= 4 is 33.2 Å². The molecule has 2 heterocycles. The maximum Gasteiger partial charge on any atom is 0.210 e. The van der Waals surface area contributed by atoms with E-state index in [2.05, 4.69) is 33.0 Å². The van der Waals surface area contributed by atoms with Crippen LogP contribution in [0.5, 0.6) is 11.5 Å². The summed E-state index contributed by atoms with van der Waals surface area (Å²) >= 11 is 3.55. The Kier molecular flexibility index (Phi) is 9.27. The van der Waals surface area contributed by atoms with Gasteiger partial charge in [0.05, 0.1) is 33.0 Å². The van der Waals surface area contributed by atoms with Crippen LogP contribution in [-0.4, -0.2) is 60.0 Å².